The normalized spacial score (nSPS) is 20.2. The van der Waals surface area contributed by atoms with Crippen LogP contribution in [0.25, 0.3) is 0 Å². The van der Waals surface area contributed by atoms with E-state index in [1.54, 1.807) is 30.3 Å². The molecule has 1 aliphatic rings. The molecule has 1 saturated heterocycles. The molecule has 2 aromatic rings. The summed E-state index contributed by atoms with van der Waals surface area (Å²) in [4.78, 5) is 53.9. The van der Waals surface area contributed by atoms with E-state index in [0.29, 0.717) is 12.0 Å². The lowest BCUT2D eigenvalue weighted by Gasteiger charge is -2.17. The maximum Gasteiger partial charge on any atom is 0.306 e. The van der Waals surface area contributed by atoms with E-state index in [4.69, 9.17) is 14.6 Å². The SMILES string of the molecule is CCC1OC(c2cnc(NC(=O)c3ccccc3)[nH]c2=O)CC1OC(=O)CCC(=O)O. The smallest absolute Gasteiger partial charge is 0.306 e. The molecule has 3 unspecified atom stereocenters. The van der Waals surface area contributed by atoms with Crippen LogP contribution in [0, 0.1) is 0 Å². The Hall–Kier alpha value is -3.53. The summed E-state index contributed by atoms with van der Waals surface area (Å²) in [5.41, 5.74) is 0.197. The van der Waals surface area contributed by atoms with Crippen LogP contribution in [-0.2, 0) is 19.1 Å². The number of carboxylic acids is 1. The predicted molar refractivity (Wildman–Crippen MR) is 109 cm³/mol. The van der Waals surface area contributed by atoms with Crippen LogP contribution in [0.5, 0.6) is 0 Å². The average molecular weight is 429 g/mol. The molecule has 0 aliphatic carbocycles. The van der Waals surface area contributed by atoms with E-state index in [9.17, 15) is 19.2 Å². The van der Waals surface area contributed by atoms with Gasteiger partial charge in [-0.1, -0.05) is 25.1 Å². The number of hydrogen-bond acceptors (Lipinski definition) is 7. The Bertz CT molecular complexity index is 1010. The van der Waals surface area contributed by atoms with Crippen molar-refractivity contribution in [2.75, 3.05) is 5.32 Å². The van der Waals surface area contributed by atoms with Gasteiger partial charge in [0.25, 0.3) is 11.5 Å². The van der Waals surface area contributed by atoms with E-state index in [0.717, 1.165) is 0 Å². The third kappa shape index (κ3) is 5.76. The molecule has 1 fully saturated rings. The maximum atomic E-state index is 12.5. The lowest BCUT2D eigenvalue weighted by Crippen LogP contribution is -2.26. The monoisotopic (exact) mass is 429 g/mol. The van der Waals surface area contributed by atoms with Crippen LogP contribution in [0.15, 0.2) is 41.3 Å². The summed E-state index contributed by atoms with van der Waals surface area (Å²) < 4.78 is 11.2. The number of nitrogens with one attached hydrogen (secondary N) is 2. The van der Waals surface area contributed by atoms with Gasteiger partial charge in [0.05, 0.1) is 30.6 Å². The molecule has 31 heavy (non-hydrogen) atoms. The lowest BCUT2D eigenvalue weighted by atomic mass is 10.1. The highest BCUT2D eigenvalue weighted by Gasteiger charge is 2.38. The maximum absolute atomic E-state index is 12.5. The zero-order valence-corrected chi connectivity index (χ0v) is 16.9. The Balaban J connectivity index is 1.65. The summed E-state index contributed by atoms with van der Waals surface area (Å²) in [6.07, 6.45) is -0.0779. The van der Waals surface area contributed by atoms with Gasteiger partial charge >= 0.3 is 11.9 Å². The van der Waals surface area contributed by atoms with Gasteiger partial charge in [-0.05, 0) is 18.6 Å². The minimum atomic E-state index is -1.08. The molecule has 0 bridgehead atoms. The van der Waals surface area contributed by atoms with Crippen molar-refractivity contribution >= 4 is 23.8 Å². The van der Waals surface area contributed by atoms with Crippen molar-refractivity contribution in [1.82, 2.24) is 9.97 Å². The second kappa shape index (κ2) is 9.98. The molecule has 1 amide bonds. The summed E-state index contributed by atoms with van der Waals surface area (Å²) in [5, 5.41) is 11.2. The van der Waals surface area contributed by atoms with Crippen LogP contribution in [0.3, 0.4) is 0 Å². The first-order chi connectivity index (χ1) is 14.9. The Morgan fingerprint density at radius 1 is 1.26 bits per heavy atom. The van der Waals surface area contributed by atoms with Crippen LogP contribution >= 0.6 is 0 Å². The Morgan fingerprint density at radius 2 is 2.00 bits per heavy atom. The van der Waals surface area contributed by atoms with Crippen molar-refractivity contribution < 1.29 is 29.0 Å². The molecule has 3 atom stereocenters. The number of aromatic amines is 1. The molecule has 1 aromatic heterocycles. The number of benzene rings is 1. The Morgan fingerprint density at radius 3 is 2.65 bits per heavy atom. The Labute approximate surface area is 177 Å². The molecule has 0 saturated carbocycles. The van der Waals surface area contributed by atoms with Gasteiger partial charge in [0.2, 0.25) is 5.95 Å². The number of carboxylic acid groups (broad SMARTS) is 1. The van der Waals surface area contributed by atoms with E-state index in [-0.39, 0.29) is 30.8 Å². The number of carbonyl (C=O) groups excluding carboxylic acids is 2. The fraction of sp³-hybridized carbons (Fsp3) is 0.381. The molecule has 1 aliphatic heterocycles. The van der Waals surface area contributed by atoms with Crippen LogP contribution in [0.4, 0.5) is 5.95 Å². The summed E-state index contributed by atoms with van der Waals surface area (Å²) in [7, 11) is 0. The van der Waals surface area contributed by atoms with Crippen LogP contribution in [0.2, 0.25) is 0 Å². The van der Waals surface area contributed by atoms with Gasteiger partial charge in [0.15, 0.2) is 0 Å². The van der Waals surface area contributed by atoms with E-state index in [2.05, 4.69) is 15.3 Å². The highest BCUT2D eigenvalue weighted by atomic mass is 16.6. The number of esters is 1. The predicted octanol–water partition coefficient (Wildman–Crippen LogP) is 2.04. The number of nitrogens with zero attached hydrogens (tertiary/aromatic N) is 1. The number of carbonyl (C=O) groups is 3. The van der Waals surface area contributed by atoms with E-state index in [1.165, 1.54) is 6.20 Å². The minimum Gasteiger partial charge on any atom is -0.481 e. The molecule has 10 nitrogen and oxygen atoms in total. The number of hydrogen-bond donors (Lipinski definition) is 3. The van der Waals surface area contributed by atoms with Gasteiger partial charge in [0.1, 0.15) is 6.10 Å². The number of rotatable bonds is 8. The molecule has 0 spiro atoms. The van der Waals surface area contributed by atoms with Crippen molar-refractivity contribution in [1.29, 1.82) is 0 Å². The summed E-state index contributed by atoms with van der Waals surface area (Å²) in [5.74, 6) is -2.11. The van der Waals surface area contributed by atoms with Crippen LogP contribution in [-0.4, -0.2) is 45.1 Å². The number of amides is 1. The largest absolute Gasteiger partial charge is 0.481 e. The lowest BCUT2D eigenvalue weighted by molar-refractivity contribution is -0.154. The third-order valence-corrected chi connectivity index (χ3v) is 4.87. The number of anilines is 1. The van der Waals surface area contributed by atoms with Crippen LogP contribution in [0.1, 0.15) is 54.6 Å². The number of aromatic nitrogens is 2. The molecular formula is C21H23N3O7. The van der Waals surface area contributed by atoms with Crippen molar-refractivity contribution in [2.24, 2.45) is 0 Å². The first kappa shape index (κ1) is 22.2. The number of aliphatic carboxylic acids is 1. The van der Waals surface area contributed by atoms with Gasteiger partial charge < -0.3 is 14.6 Å². The van der Waals surface area contributed by atoms with Gasteiger partial charge in [0, 0.05) is 18.2 Å². The van der Waals surface area contributed by atoms with E-state index in [1.807, 2.05) is 6.92 Å². The second-order valence-electron chi connectivity index (χ2n) is 7.07. The fourth-order valence-corrected chi connectivity index (χ4v) is 3.30. The van der Waals surface area contributed by atoms with E-state index >= 15 is 0 Å². The molecule has 10 heteroatoms. The second-order valence-corrected chi connectivity index (χ2v) is 7.07. The molecule has 164 valence electrons. The fourth-order valence-electron chi connectivity index (χ4n) is 3.30. The number of ether oxygens (including phenoxy) is 2. The molecular weight excluding hydrogens is 406 g/mol. The first-order valence-corrected chi connectivity index (χ1v) is 9.89. The third-order valence-electron chi connectivity index (χ3n) is 4.87. The van der Waals surface area contributed by atoms with Crippen molar-refractivity contribution in [2.45, 2.75) is 50.9 Å². The van der Waals surface area contributed by atoms with Gasteiger partial charge in [-0.2, -0.15) is 0 Å². The number of H-pyrrole nitrogens is 1. The standard InChI is InChI=1S/C21H23N3O7/c1-2-14-16(31-18(27)9-8-17(25)26)10-15(30-14)13-11-22-21(24-20(13)29)23-19(28)12-6-4-3-5-7-12/h3-7,11,14-16H,2,8-10H2,1H3,(H,25,26)(H2,22,23,24,28,29). The summed E-state index contributed by atoms with van der Waals surface area (Å²) in [6, 6.07) is 8.50. The first-order valence-electron chi connectivity index (χ1n) is 9.89. The van der Waals surface area contributed by atoms with Crippen molar-refractivity contribution in [3.8, 4) is 0 Å². The highest BCUT2D eigenvalue weighted by molar-refractivity contribution is 6.03. The van der Waals surface area contributed by atoms with Gasteiger partial charge in [-0.25, -0.2) is 4.98 Å². The molecule has 3 N–H and O–H groups in total. The Kier molecular flexibility index (Phi) is 7.14. The molecule has 2 heterocycles. The van der Waals surface area contributed by atoms with E-state index < -0.39 is 41.7 Å². The molecule has 0 radical (unpaired) electrons. The highest BCUT2D eigenvalue weighted by Crippen LogP contribution is 2.34. The zero-order valence-electron chi connectivity index (χ0n) is 16.9. The molecule has 3 rings (SSSR count). The zero-order chi connectivity index (χ0) is 22.4. The van der Waals surface area contributed by atoms with Crippen molar-refractivity contribution in [3.63, 3.8) is 0 Å². The summed E-state index contributed by atoms with van der Waals surface area (Å²) >= 11 is 0. The van der Waals surface area contributed by atoms with Gasteiger partial charge in [-0.3, -0.25) is 29.5 Å². The van der Waals surface area contributed by atoms with Crippen LogP contribution < -0.4 is 10.9 Å². The average Bonchev–Trinajstić information content (AvgIpc) is 3.15. The molecule has 1 aromatic carbocycles. The van der Waals surface area contributed by atoms with Crippen molar-refractivity contribution in [3.05, 3.63) is 58.0 Å². The van der Waals surface area contributed by atoms with Gasteiger partial charge in [-0.15, -0.1) is 0 Å². The quantitative estimate of drug-likeness (QED) is 0.540. The minimum absolute atomic E-state index is 0.00397. The summed E-state index contributed by atoms with van der Waals surface area (Å²) in [6.45, 7) is 1.86. The topological polar surface area (TPSA) is 148 Å².